The highest BCUT2D eigenvalue weighted by Crippen LogP contribution is 2.16. The van der Waals surface area contributed by atoms with Crippen molar-refractivity contribution < 1.29 is 19.4 Å². The maximum atomic E-state index is 12.2. The second kappa shape index (κ2) is 6.91. The number of hydrogen-bond donors (Lipinski definition) is 3. The molecule has 0 saturated heterocycles. The Bertz CT molecular complexity index is 705. The lowest BCUT2D eigenvalue weighted by molar-refractivity contribution is -0.140. The topological polar surface area (TPSA) is 91.4 Å². The van der Waals surface area contributed by atoms with E-state index in [1.807, 2.05) is 25.1 Å². The third-order valence-corrected chi connectivity index (χ3v) is 3.15. The predicted octanol–water partition coefficient (Wildman–Crippen LogP) is 1.86. The van der Waals surface area contributed by atoms with Crippen LogP contribution in [0, 0.1) is 6.92 Å². The van der Waals surface area contributed by atoms with Crippen LogP contribution in [0.15, 0.2) is 36.9 Å². The van der Waals surface area contributed by atoms with Crippen LogP contribution in [-0.2, 0) is 9.53 Å². The van der Waals surface area contributed by atoms with Gasteiger partial charge in [-0.15, -0.1) is 6.58 Å². The zero-order valence-electron chi connectivity index (χ0n) is 12.3. The minimum absolute atomic E-state index is 0.119. The first kappa shape index (κ1) is 15.8. The maximum absolute atomic E-state index is 12.2. The highest BCUT2D eigenvalue weighted by Gasteiger charge is 2.21. The number of carbonyl (C=O) groups excluding carboxylic acids is 1. The van der Waals surface area contributed by atoms with Crippen LogP contribution in [-0.4, -0.2) is 41.2 Å². The van der Waals surface area contributed by atoms with Gasteiger partial charge in [-0.05, 0) is 24.6 Å². The number of aliphatic carboxylic acids is 1. The van der Waals surface area contributed by atoms with E-state index < -0.39 is 17.9 Å². The van der Waals surface area contributed by atoms with Crippen LogP contribution < -0.4 is 5.32 Å². The molecule has 0 bridgehead atoms. The number of aryl methyl sites for hydroxylation is 1. The van der Waals surface area contributed by atoms with Crippen molar-refractivity contribution in [3.05, 3.63) is 48.2 Å². The fraction of sp³-hybridized carbons (Fsp3) is 0.250. The lowest BCUT2D eigenvalue weighted by Crippen LogP contribution is -2.44. The van der Waals surface area contributed by atoms with Gasteiger partial charge in [-0.25, -0.2) is 4.79 Å². The van der Waals surface area contributed by atoms with Crippen molar-refractivity contribution in [3.63, 3.8) is 0 Å². The molecular weight excluding hydrogens is 284 g/mol. The Hall–Kier alpha value is -2.60. The molecule has 1 aromatic heterocycles. The molecule has 116 valence electrons. The van der Waals surface area contributed by atoms with Gasteiger partial charge in [0.1, 0.15) is 5.69 Å². The summed E-state index contributed by atoms with van der Waals surface area (Å²) in [5.41, 5.74) is 2.22. The fourth-order valence-electron chi connectivity index (χ4n) is 2.04. The van der Waals surface area contributed by atoms with Gasteiger partial charge in [-0.3, -0.25) is 4.79 Å². The Morgan fingerprint density at radius 2 is 2.23 bits per heavy atom. The number of benzene rings is 1. The first-order chi connectivity index (χ1) is 10.5. The van der Waals surface area contributed by atoms with E-state index in [4.69, 9.17) is 9.84 Å². The summed E-state index contributed by atoms with van der Waals surface area (Å²) in [6, 6.07) is 6.35. The molecule has 1 amide bonds. The highest BCUT2D eigenvalue weighted by molar-refractivity contribution is 5.99. The Balaban J connectivity index is 2.10. The summed E-state index contributed by atoms with van der Waals surface area (Å²) in [5, 5.41) is 12.4. The minimum atomic E-state index is -1.15. The van der Waals surface area contributed by atoms with E-state index >= 15 is 0 Å². The van der Waals surface area contributed by atoms with Crippen LogP contribution in [0.1, 0.15) is 16.1 Å². The minimum Gasteiger partial charge on any atom is -0.480 e. The summed E-state index contributed by atoms with van der Waals surface area (Å²) in [6.07, 6.45) is 1.51. The van der Waals surface area contributed by atoms with Gasteiger partial charge in [0.2, 0.25) is 0 Å². The largest absolute Gasteiger partial charge is 0.480 e. The number of aromatic amines is 1. The molecule has 0 aliphatic heterocycles. The van der Waals surface area contributed by atoms with Crippen LogP contribution in [0.25, 0.3) is 10.9 Å². The third kappa shape index (κ3) is 3.73. The average Bonchev–Trinajstić information content (AvgIpc) is 2.89. The van der Waals surface area contributed by atoms with E-state index in [2.05, 4.69) is 16.9 Å². The van der Waals surface area contributed by atoms with Crippen LogP contribution in [0.3, 0.4) is 0 Å². The molecule has 3 N–H and O–H groups in total. The summed E-state index contributed by atoms with van der Waals surface area (Å²) in [6.45, 7) is 5.54. The zero-order chi connectivity index (χ0) is 16.1. The normalized spacial score (nSPS) is 12.0. The second-order valence-electron chi connectivity index (χ2n) is 4.96. The van der Waals surface area contributed by atoms with Crippen LogP contribution >= 0.6 is 0 Å². The van der Waals surface area contributed by atoms with E-state index in [1.54, 1.807) is 6.07 Å². The first-order valence-electron chi connectivity index (χ1n) is 6.83. The molecule has 6 heteroatoms. The fourth-order valence-corrected chi connectivity index (χ4v) is 2.04. The van der Waals surface area contributed by atoms with Crippen LogP contribution in [0.2, 0.25) is 0 Å². The van der Waals surface area contributed by atoms with Crippen molar-refractivity contribution in [1.82, 2.24) is 10.3 Å². The van der Waals surface area contributed by atoms with Crippen molar-refractivity contribution in [2.75, 3.05) is 13.2 Å². The van der Waals surface area contributed by atoms with Crippen molar-refractivity contribution in [2.24, 2.45) is 0 Å². The Kier molecular flexibility index (Phi) is 4.95. The Labute approximate surface area is 127 Å². The van der Waals surface area contributed by atoms with Gasteiger partial charge in [-0.1, -0.05) is 18.2 Å². The lowest BCUT2D eigenvalue weighted by Gasteiger charge is -2.13. The summed E-state index contributed by atoms with van der Waals surface area (Å²) in [5.74, 6) is -1.63. The number of H-pyrrole nitrogens is 1. The molecule has 0 aliphatic rings. The molecule has 2 rings (SSSR count). The summed E-state index contributed by atoms with van der Waals surface area (Å²) >= 11 is 0. The summed E-state index contributed by atoms with van der Waals surface area (Å²) in [7, 11) is 0. The van der Waals surface area contributed by atoms with E-state index in [1.165, 1.54) is 6.08 Å². The van der Waals surface area contributed by atoms with Crippen molar-refractivity contribution >= 4 is 22.8 Å². The monoisotopic (exact) mass is 302 g/mol. The molecule has 1 unspecified atom stereocenters. The Morgan fingerprint density at radius 1 is 1.45 bits per heavy atom. The van der Waals surface area contributed by atoms with E-state index in [0.29, 0.717) is 5.69 Å². The smallest absolute Gasteiger partial charge is 0.328 e. The van der Waals surface area contributed by atoms with Gasteiger partial charge in [-0.2, -0.15) is 0 Å². The van der Waals surface area contributed by atoms with Gasteiger partial charge in [0.25, 0.3) is 5.91 Å². The predicted molar refractivity (Wildman–Crippen MR) is 82.9 cm³/mol. The van der Waals surface area contributed by atoms with Gasteiger partial charge >= 0.3 is 5.97 Å². The average molecular weight is 302 g/mol. The first-order valence-corrected chi connectivity index (χ1v) is 6.83. The molecule has 1 atom stereocenters. The molecule has 0 aliphatic carbocycles. The Morgan fingerprint density at radius 3 is 2.91 bits per heavy atom. The van der Waals surface area contributed by atoms with Crippen molar-refractivity contribution in [3.8, 4) is 0 Å². The van der Waals surface area contributed by atoms with Crippen LogP contribution in [0.5, 0.6) is 0 Å². The summed E-state index contributed by atoms with van der Waals surface area (Å²) < 4.78 is 5.09. The number of fused-ring (bicyclic) bond motifs is 1. The molecule has 6 nitrogen and oxygen atoms in total. The zero-order valence-corrected chi connectivity index (χ0v) is 12.3. The molecular formula is C16H18N2O4. The molecule has 0 radical (unpaired) electrons. The number of carbonyl (C=O) groups is 2. The number of nitrogens with one attached hydrogen (secondary N) is 2. The highest BCUT2D eigenvalue weighted by atomic mass is 16.5. The standard InChI is InChI=1S/C16H18N2O4/c1-3-6-22-9-14(16(20)21)18-15(19)13-8-11-5-4-10(2)7-12(11)17-13/h3-5,7-8,14,17H,1,6,9H2,2H3,(H,18,19)(H,20,21). The maximum Gasteiger partial charge on any atom is 0.328 e. The molecule has 0 spiro atoms. The molecule has 1 heterocycles. The SMILES string of the molecule is C=CCOCC(NC(=O)c1cc2ccc(C)cc2[nH]1)C(=O)O. The number of ether oxygens (including phenoxy) is 1. The molecule has 0 fully saturated rings. The van der Waals surface area contributed by atoms with E-state index in [0.717, 1.165) is 16.5 Å². The van der Waals surface area contributed by atoms with Crippen molar-refractivity contribution in [2.45, 2.75) is 13.0 Å². The molecule has 0 saturated carbocycles. The van der Waals surface area contributed by atoms with Crippen molar-refractivity contribution in [1.29, 1.82) is 0 Å². The quantitative estimate of drug-likeness (QED) is 0.538. The third-order valence-electron chi connectivity index (χ3n) is 3.15. The van der Waals surface area contributed by atoms with Gasteiger partial charge in [0.05, 0.1) is 13.2 Å². The van der Waals surface area contributed by atoms with E-state index in [9.17, 15) is 9.59 Å². The molecule has 22 heavy (non-hydrogen) atoms. The number of hydrogen-bond acceptors (Lipinski definition) is 3. The van der Waals surface area contributed by atoms with E-state index in [-0.39, 0.29) is 13.2 Å². The number of carboxylic acid groups (broad SMARTS) is 1. The number of carboxylic acids is 1. The summed E-state index contributed by atoms with van der Waals surface area (Å²) in [4.78, 5) is 26.3. The number of rotatable bonds is 7. The lowest BCUT2D eigenvalue weighted by atomic mass is 10.2. The number of aromatic nitrogens is 1. The second-order valence-corrected chi connectivity index (χ2v) is 4.96. The molecule has 2 aromatic rings. The number of amides is 1. The van der Waals surface area contributed by atoms with Gasteiger partial charge in [0, 0.05) is 10.9 Å². The van der Waals surface area contributed by atoms with Gasteiger partial charge < -0.3 is 20.1 Å². The van der Waals surface area contributed by atoms with Gasteiger partial charge in [0.15, 0.2) is 6.04 Å². The molecule has 1 aromatic carbocycles. The van der Waals surface area contributed by atoms with Crippen LogP contribution in [0.4, 0.5) is 0 Å².